The third-order valence-electron chi connectivity index (χ3n) is 4.31. The summed E-state index contributed by atoms with van der Waals surface area (Å²) in [6, 6.07) is 15.7. The van der Waals surface area contributed by atoms with E-state index < -0.39 is 5.82 Å². The second kappa shape index (κ2) is 7.21. The first-order valence-electron chi connectivity index (χ1n) is 8.34. The first-order chi connectivity index (χ1) is 13.6. The van der Waals surface area contributed by atoms with Crippen molar-refractivity contribution in [1.29, 1.82) is 5.26 Å². The van der Waals surface area contributed by atoms with Crippen LogP contribution in [-0.2, 0) is 0 Å². The normalized spacial score (nSPS) is 10.8. The monoisotopic (exact) mass is 390 g/mol. The van der Waals surface area contributed by atoms with Crippen LogP contribution in [0.4, 0.5) is 10.2 Å². The fourth-order valence-electron chi connectivity index (χ4n) is 2.92. The van der Waals surface area contributed by atoms with E-state index >= 15 is 0 Å². The maximum absolute atomic E-state index is 14.1. The molecule has 0 amide bonds. The molecule has 0 aliphatic heterocycles. The predicted octanol–water partition coefficient (Wildman–Crippen LogP) is 4.12. The predicted molar refractivity (Wildman–Crippen MR) is 108 cm³/mol. The lowest BCUT2D eigenvalue weighted by Gasteiger charge is -2.09. The number of halogens is 1. The van der Waals surface area contributed by atoms with E-state index in [9.17, 15) is 4.39 Å². The van der Waals surface area contributed by atoms with Gasteiger partial charge in [-0.2, -0.15) is 15.5 Å². The van der Waals surface area contributed by atoms with Gasteiger partial charge in [0.25, 0.3) is 0 Å². The molecule has 4 aromatic rings. The van der Waals surface area contributed by atoms with Crippen LogP contribution in [0.25, 0.3) is 28.1 Å². The topological polar surface area (TPSA) is 85.5 Å². The van der Waals surface area contributed by atoms with Gasteiger partial charge in [0.05, 0.1) is 23.1 Å². The first-order valence-corrected chi connectivity index (χ1v) is 9.53. The van der Waals surface area contributed by atoms with Crippen molar-refractivity contribution in [3.8, 4) is 34.1 Å². The van der Waals surface area contributed by atoms with Gasteiger partial charge in [-0.15, -0.1) is 0 Å². The third-order valence-corrected chi connectivity index (χ3v) is 4.88. The Hall–Kier alpha value is -3.57. The first kappa shape index (κ1) is 17.8. The molecule has 0 fully saturated rings. The molecule has 138 valence electrons. The van der Waals surface area contributed by atoms with Crippen molar-refractivity contribution in [3.63, 3.8) is 0 Å². The van der Waals surface area contributed by atoms with E-state index in [2.05, 4.69) is 10.2 Å². The zero-order chi connectivity index (χ0) is 19.7. The molecule has 6 nitrogen and oxygen atoms in total. The van der Waals surface area contributed by atoms with Gasteiger partial charge in [0.15, 0.2) is 0 Å². The molecule has 0 spiro atoms. The van der Waals surface area contributed by atoms with E-state index in [0.717, 1.165) is 16.8 Å². The van der Waals surface area contributed by atoms with Crippen LogP contribution in [0.5, 0.6) is 0 Å². The number of anilines is 1. The minimum atomic E-state index is -0.576. The Labute approximate surface area is 165 Å². The van der Waals surface area contributed by atoms with Crippen molar-refractivity contribution >= 4 is 17.8 Å². The van der Waals surface area contributed by atoms with Crippen molar-refractivity contribution < 1.29 is 4.39 Å². The lowest BCUT2D eigenvalue weighted by molar-refractivity contribution is 0.624. The molecule has 2 N–H and O–H groups in total. The van der Waals surface area contributed by atoms with Gasteiger partial charge >= 0.3 is 0 Å². The second-order valence-corrected chi connectivity index (χ2v) is 6.77. The molecule has 0 saturated carbocycles. The zero-order valence-corrected chi connectivity index (χ0v) is 15.7. The molecule has 0 aliphatic rings. The van der Waals surface area contributed by atoms with Crippen LogP contribution < -0.4 is 5.73 Å². The Morgan fingerprint density at radius 3 is 2.46 bits per heavy atom. The number of nitrogens with zero attached hydrogens (tertiary/aromatic N) is 5. The third kappa shape index (κ3) is 3.23. The highest BCUT2D eigenvalue weighted by molar-refractivity contribution is 7.97. The van der Waals surface area contributed by atoms with Gasteiger partial charge in [0.1, 0.15) is 17.7 Å². The van der Waals surface area contributed by atoms with Crippen LogP contribution in [0.1, 0.15) is 5.56 Å². The van der Waals surface area contributed by atoms with Gasteiger partial charge in [-0.05, 0) is 41.8 Å². The smallest absolute Gasteiger partial charge is 0.146 e. The van der Waals surface area contributed by atoms with Crippen LogP contribution in [-0.4, -0.2) is 25.2 Å². The molecular formula is C20H15FN6S. The van der Waals surface area contributed by atoms with E-state index in [-0.39, 0.29) is 5.56 Å². The summed E-state index contributed by atoms with van der Waals surface area (Å²) >= 11 is 1.52. The molecule has 0 saturated heterocycles. The molecule has 0 radical (unpaired) electrons. The van der Waals surface area contributed by atoms with Gasteiger partial charge in [0.2, 0.25) is 0 Å². The molecule has 0 aliphatic carbocycles. The summed E-state index contributed by atoms with van der Waals surface area (Å²) in [5.74, 6) is -0.252. The lowest BCUT2D eigenvalue weighted by Crippen LogP contribution is -2.00. The van der Waals surface area contributed by atoms with E-state index in [4.69, 9.17) is 11.0 Å². The minimum Gasteiger partial charge on any atom is -0.382 e. The Morgan fingerprint density at radius 2 is 1.82 bits per heavy atom. The molecule has 2 heterocycles. The molecule has 2 aromatic heterocycles. The van der Waals surface area contributed by atoms with Gasteiger partial charge in [-0.25, -0.2) is 13.2 Å². The van der Waals surface area contributed by atoms with Crippen molar-refractivity contribution in [2.45, 2.75) is 0 Å². The Kier molecular flexibility index (Phi) is 4.59. The van der Waals surface area contributed by atoms with Gasteiger partial charge in [0, 0.05) is 29.6 Å². The number of hydrogen-bond acceptors (Lipinski definition) is 5. The number of rotatable bonds is 4. The van der Waals surface area contributed by atoms with Crippen LogP contribution in [0.2, 0.25) is 0 Å². The number of benzene rings is 2. The van der Waals surface area contributed by atoms with Gasteiger partial charge in [-0.1, -0.05) is 18.2 Å². The Morgan fingerprint density at radius 1 is 1.07 bits per heavy atom. The average Bonchev–Trinajstić information content (AvgIpc) is 3.35. The Balaban J connectivity index is 1.72. The highest BCUT2D eigenvalue weighted by Crippen LogP contribution is 2.28. The highest BCUT2D eigenvalue weighted by Gasteiger charge is 2.13. The fourth-order valence-corrected chi connectivity index (χ4v) is 3.28. The van der Waals surface area contributed by atoms with Gasteiger partial charge in [-0.3, -0.25) is 0 Å². The standard InChI is InChI=1S/C20H15FN6S/c1-28-26-12-16(11-24-26)13-4-6-17(7-5-13)27-19(9-20(23)25-27)14-2-3-15(10-22)18(21)8-14/h2-9,11-12H,1H3,(H2,23,25). The van der Waals surface area contributed by atoms with Crippen molar-refractivity contribution in [3.05, 3.63) is 72.3 Å². The van der Waals surface area contributed by atoms with Crippen molar-refractivity contribution in [2.75, 3.05) is 12.0 Å². The maximum atomic E-state index is 14.1. The maximum Gasteiger partial charge on any atom is 0.146 e. The largest absolute Gasteiger partial charge is 0.382 e. The summed E-state index contributed by atoms with van der Waals surface area (Å²) in [6.45, 7) is 0. The van der Waals surface area contributed by atoms with E-state index in [0.29, 0.717) is 17.1 Å². The second-order valence-electron chi connectivity index (χ2n) is 6.03. The number of nitrogens with two attached hydrogens (primary N) is 1. The van der Waals surface area contributed by atoms with Crippen LogP contribution in [0.15, 0.2) is 60.9 Å². The van der Waals surface area contributed by atoms with Crippen LogP contribution >= 0.6 is 11.9 Å². The number of aromatic nitrogens is 4. The highest BCUT2D eigenvalue weighted by atomic mass is 32.2. The number of nitrogen functional groups attached to an aromatic ring is 1. The van der Waals surface area contributed by atoms with Crippen molar-refractivity contribution in [2.24, 2.45) is 0 Å². The summed E-state index contributed by atoms with van der Waals surface area (Å²) in [4.78, 5) is 0. The number of nitriles is 1. The fraction of sp³-hybridized carbons (Fsp3) is 0.0500. The zero-order valence-electron chi connectivity index (χ0n) is 14.9. The molecule has 4 rings (SSSR count). The van der Waals surface area contributed by atoms with Crippen LogP contribution in [0.3, 0.4) is 0 Å². The molecule has 8 heteroatoms. The summed E-state index contributed by atoms with van der Waals surface area (Å²) in [5, 5.41) is 17.5. The average molecular weight is 390 g/mol. The molecule has 28 heavy (non-hydrogen) atoms. The number of hydrogen-bond donors (Lipinski definition) is 1. The van der Waals surface area contributed by atoms with Gasteiger partial charge < -0.3 is 5.73 Å². The lowest BCUT2D eigenvalue weighted by atomic mass is 10.1. The summed E-state index contributed by atoms with van der Waals surface area (Å²) in [6.07, 6.45) is 5.72. The quantitative estimate of drug-likeness (QED) is 0.566. The molecule has 0 unspecified atom stereocenters. The Bertz CT molecular complexity index is 1190. The summed E-state index contributed by atoms with van der Waals surface area (Å²) < 4.78 is 17.5. The van der Waals surface area contributed by atoms with E-state index in [1.807, 2.05) is 49.0 Å². The van der Waals surface area contributed by atoms with E-state index in [1.54, 1.807) is 20.9 Å². The van der Waals surface area contributed by atoms with Crippen LogP contribution in [0, 0.1) is 17.1 Å². The minimum absolute atomic E-state index is 0.00192. The summed E-state index contributed by atoms with van der Waals surface area (Å²) in [5.41, 5.74) is 9.95. The molecule has 0 bridgehead atoms. The molecule has 0 atom stereocenters. The SMILES string of the molecule is CSn1cc(-c2ccc(-n3nc(N)cc3-c3ccc(C#N)c(F)c3)cc2)cn1. The molecular weight excluding hydrogens is 375 g/mol. The molecule has 2 aromatic carbocycles. The van der Waals surface area contributed by atoms with E-state index in [1.165, 1.54) is 24.1 Å². The van der Waals surface area contributed by atoms with Crippen molar-refractivity contribution in [1.82, 2.24) is 19.0 Å². The summed E-state index contributed by atoms with van der Waals surface area (Å²) in [7, 11) is 0.